The summed E-state index contributed by atoms with van der Waals surface area (Å²) in [5.74, 6) is 0. The zero-order chi connectivity index (χ0) is 11.9. The second kappa shape index (κ2) is 14.7. The van der Waals surface area contributed by atoms with E-state index in [0.717, 1.165) is 6.54 Å². The molecule has 0 aliphatic rings. The van der Waals surface area contributed by atoms with Crippen molar-refractivity contribution in [2.45, 2.75) is 84.0 Å². The molecule has 0 spiro atoms. The molecule has 1 nitrogen and oxygen atoms in total. The molecule has 0 heterocycles. The normalized spacial score (nSPS) is 10.6. The fourth-order valence-electron chi connectivity index (χ4n) is 2.06. The van der Waals surface area contributed by atoms with Crippen LogP contribution >= 0.6 is 0 Å². The van der Waals surface area contributed by atoms with Gasteiger partial charge in [-0.15, -0.1) is 0 Å². The van der Waals surface area contributed by atoms with Crippen LogP contribution in [0, 0.1) is 0 Å². The average molecular weight is 225 g/mol. The minimum absolute atomic E-state index is 0.956. The summed E-state index contributed by atoms with van der Waals surface area (Å²) in [4.78, 5) is 3.87. The van der Waals surface area contributed by atoms with Crippen molar-refractivity contribution in [2.24, 2.45) is 4.99 Å². The Morgan fingerprint density at radius 3 is 1.38 bits per heavy atom. The first-order chi connectivity index (χ1) is 7.91. The van der Waals surface area contributed by atoms with E-state index >= 15 is 0 Å². The average Bonchev–Trinajstić information content (AvgIpc) is 2.31. The van der Waals surface area contributed by atoms with Gasteiger partial charge < -0.3 is 4.99 Å². The molecule has 0 aromatic rings. The third-order valence-corrected chi connectivity index (χ3v) is 3.17. The second-order valence-electron chi connectivity index (χ2n) is 4.84. The molecule has 0 aliphatic carbocycles. The van der Waals surface area contributed by atoms with Crippen LogP contribution in [0.4, 0.5) is 0 Å². The van der Waals surface area contributed by atoms with E-state index in [9.17, 15) is 0 Å². The molecule has 0 aliphatic heterocycles. The van der Waals surface area contributed by atoms with Gasteiger partial charge in [0.15, 0.2) is 0 Å². The minimum Gasteiger partial charge on any atom is -0.301 e. The SMILES string of the molecule is C=NCCCCCCCCCCCCCC. The number of unbranched alkanes of at least 4 members (excludes halogenated alkanes) is 11. The van der Waals surface area contributed by atoms with Crippen LogP contribution in [-0.2, 0) is 0 Å². The van der Waals surface area contributed by atoms with E-state index in [0.29, 0.717) is 0 Å². The highest BCUT2D eigenvalue weighted by Crippen LogP contribution is 2.11. The van der Waals surface area contributed by atoms with Gasteiger partial charge in [0, 0.05) is 6.54 Å². The summed E-state index contributed by atoms with van der Waals surface area (Å²) in [5, 5.41) is 0. The molecule has 0 atom stereocenters. The van der Waals surface area contributed by atoms with Gasteiger partial charge in [-0.3, -0.25) is 0 Å². The Kier molecular flexibility index (Phi) is 14.4. The molecule has 1 heteroatoms. The molecule has 0 unspecified atom stereocenters. The Labute approximate surface area is 103 Å². The molecule has 0 aromatic heterocycles. The Bertz CT molecular complexity index is 131. The highest BCUT2D eigenvalue weighted by Gasteiger charge is 1.92. The lowest BCUT2D eigenvalue weighted by Crippen LogP contribution is -1.84. The summed E-state index contributed by atoms with van der Waals surface area (Å²) < 4.78 is 0. The van der Waals surface area contributed by atoms with Gasteiger partial charge in [-0.2, -0.15) is 0 Å². The van der Waals surface area contributed by atoms with Crippen LogP contribution in [0.5, 0.6) is 0 Å². The molecule has 16 heavy (non-hydrogen) atoms. The van der Waals surface area contributed by atoms with Crippen LogP contribution in [0.3, 0.4) is 0 Å². The van der Waals surface area contributed by atoms with Crippen molar-refractivity contribution in [1.29, 1.82) is 0 Å². The third kappa shape index (κ3) is 13.7. The van der Waals surface area contributed by atoms with Crippen molar-refractivity contribution >= 4 is 6.72 Å². The molecule has 0 aromatic carbocycles. The standard InChI is InChI=1S/C15H31N/c1-3-4-5-6-7-8-9-10-11-12-13-14-15-16-2/h2-15H2,1H3. The van der Waals surface area contributed by atoms with E-state index in [1.54, 1.807) is 0 Å². The van der Waals surface area contributed by atoms with Crippen LogP contribution in [0.15, 0.2) is 4.99 Å². The van der Waals surface area contributed by atoms with Crippen LogP contribution in [0.1, 0.15) is 84.0 Å². The van der Waals surface area contributed by atoms with E-state index < -0.39 is 0 Å². The van der Waals surface area contributed by atoms with Crippen molar-refractivity contribution < 1.29 is 0 Å². The molecule has 0 saturated heterocycles. The number of hydrogen-bond acceptors (Lipinski definition) is 1. The summed E-state index contributed by atoms with van der Waals surface area (Å²) in [6.45, 7) is 6.73. The molecule has 0 amide bonds. The Morgan fingerprint density at radius 2 is 1.00 bits per heavy atom. The number of hydrogen-bond donors (Lipinski definition) is 0. The maximum absolute atomic E-state index is 3.87. The summed E-state index contributed by atoms with van der Waals surface area (Å²) in [6, 6.07) is 0. The second-order valence-corrected chi connectivity index (χ2v) is 4.84. The quantitative estimate of drug-likeness (QED) is 0.294. The van der Waals surface area contributed by atoms with Crippen LogP contribution in [-0.4, -0.2) is 13.3 Å². The van der Waals surface area contributed by atoms with E-state index in [2.05, 4.69) is 18.6 Å². The maximum Gasteiger partial charge on any atom is 0.0382 e. The molecule has 0 saturated carbocycles. The smallest absolute Gasteiger partial charge is 0.0382 e. The van der Waals surface area contributed by atoms with Gasteiger partial charge in [0.1, 0.15) is 0 Å². The Hall–Kier alpha value is -0.330. The largest absolute Gasteiger partial charge is 0.301 e. The van der Waals surface area contributed by atoms with Crippen molar-refractivity contribution in [1.82, 2.24) is 0 Å². The third-order valence-electron chi connectivity index (χ3n) is 3.17. The zero-order valence-electron chi connectivity index (χ0n) is 11.3. The molecule has 0 bridgehead atoms. The predicted octanol–water partition coefficient (Wildman–Crippen LogP) is 5.39. The van der Waals surface area contributed by atoms with Crippen LogP contribution in [0.25, 0.3) is 0 Å². The fraction of sp³-hybridized carbons (Fsp3) is 0.933. The molecular formula is C15H31N. The molecule has 0 N–H and O–H groups in total. The van der Waals surface area contributed by atoms with E-state index in [-0.39, 0.29) is 0 Å². The van der Waals surface area contributed by atoms with Crippen molar-refractivity contribution in [3.63, 3.8) is 0 Å². The van der Waals surface area contributed by atoms with Gasteiger partial charge in [0.05, 0.1) is 0 Å². The summed E-state index contributed by atoms with van der Waals surface area (Å²) in [6.07, 6.45) is 16.9. The molecular weight excluding hydrogens is 194 g/mol. The lowest BCUT2D eigenvalue weighted by Gasteiger charge is -2.01. The highest BCUT2D eigenvalue weighted by atomic mass is 14.7. The molecule has 0 radical (unpaired) electrons. The molecule has 0 fully saturated rings. The van der Waals surface area contributed by atoms with Gasteiger partial charge >= 0.3 is 0 Å². The fourth-order valence-corrected chi connectivity index (χ4v) is 2.06. The number of rotatable bonds is 13. The number of aliphatic imine (C=N–C) groups is 1. The van der Waals surface area contributed by atoms with E-state index in [1.165, 1.54) is 77.0 Å². The topological polar surface area (TPSA) is 12.4 Å². The Morgan fingerprint density at radius 1 is 0.625 bits per heavy atom. The molecule has 0 rings (SSSR count). The lowest BCUT2D eigenvalue weighted by atomic mass is 10.1. The van der Waals surface area contributed by atoms with Gasteiger partial charge in [-0.1, -0.05) is 77.6 Å². The van der Waals surface area contributed by atoms with Gasteiger partial charge in [-0.25, -0.2) is 0 Å². The first-order valence-corrected chi connectivity index (χ1v) is 7.34. The summed E-state index contributed by atoms with van der Waals surface area (Å²) in [7, 11) is 0. The minimum atomic E-state index is 0.956. The van der Waals surface area contributed by atoms with Gasteiger partial charge in [0.2, 0.25) is 0 Å². The van der Waals surface area contributed by atoms with Gasteiger partial charge in [-0.05, 0) is 13.1 Å². The van der Waals surface area contributed by atoms with Crippen molar-refractivity contribution in [2.75, 3.05) is 6.54 Å². The number of nitrogens with zero attached hydrogens (tertiary/aromatic N) is 1. The van der Waals surface area contributed by atoms with Crippen molar-refractivity contribution in [3.8, 4) is 0 Å². The highest BCUT2D eigenvalue weighted by molar-refractivity contribution is 5.22. The summed E-state index contributed by atoms with van der Waals surface area (Å²) in [5.41, 5.74) is 0. The monoisotopic (exact) mass is 225 g/mol. The van der Waals surface area contributed by atoms with Gasteiger partial charge in [0.25, 0.3) is 0 Å². The zero-order valence-corrected chi connectivity index (χ0v) is 11.3. The van der Waals surface area contributed by atoms with Crippen LogP contribution < -0.4 is 0 Å². The predicted molar refractivity (Wildman–Crippen MR) is 75.5 cm³/mol. The van der Waals surface area contributed by atoms with Crippen LogP contribution in [0.2, 0.25) is 0 Å². The Balaban J connectivity index is 2.85. The van der Waals surface area contributed by atoms with E-state index in [1.807, 2.05) is 0 Å². The first-order valence-electron chi connectivity index (χ1n) is 7.34. The first kappa shape index (κ1) is 15.7. The lowest BCUT2D eigenvalue weighted by molar-refractivity contribution is 0.545. The maximum atomic E-state index is 3.87. The molecule has 96 valence electrons. The van der Waals surface area contributed by atoms with E-state index in [4.69, 9.17) is 0 Å². The van der Waals surface area contributed by atoms with Crippen molar-refractivity contribution in [3.05, 3.63) is 0 Å². The summed E-state index contributed by atoms with van der Waals surface area (Å²) >= 11 is 0.